The van der Waals surface area contributed by atoms with E-state index < -0.39 is 16.9 Å². The third kappa shape index (κ3) is 2.86. The second kappa shape index (κ2) is 8.78. The third-order valence-corrected chi connectivity index (χ3v) is 9.67. The molecule has 4 aliphatic heterocycles. The van der Waals surface area contributed by atoms with Gasteiger partial charge in [0.2, 0.25) is 5.91 Å². The maximum absolute atomic E-state index is 14.9. The largest absolute Gasteiger partial charge is 0.489 e. The molecule has 2 amide bonds. The van der Waals surface area contributed by atoms with Gasteiger partial charge in [0.1, 0.15) is 23.3 Å². The lowest BCUT2D eigenvalue weighted by Gasteiger charge is -2.43. The van der Waals surface area contributed by atoms with Gasteiger partial charge in [0, 0.05) is 22.3 Å². The molecule has 7 nitrogen and oxygen atoms in total. The molecular weight excluding hydrogens is 526 g/mol. The molecule has 8 heteroatoms. The number of nitrogens with zero attached hydrogens (tertiary/aromatic N) is 1. The van der Waals surface area contributed by atoms with E-state index in [1.807, 2.05) is 43.3 Å². The molecule has 3 aromatic rings. The van der Waals surface area contributed by atoms with E-state index in [0.717, 1.165) is 12.0 Å². The molecule has 202 valence electrons. The Labute approximate surface area is 237 Å². The van der Waals surface area contributed by atoms with Crippen LogP contribution >= 0.6 is 11.6 Å². The fourth-order valence-electron chi connectivity index (χ4n) is 7.88. The number of benzene rings is 3. The van der Waals surface area contributed by atoms with Crippen LogP contribution in [0.4, 0.5) is 11.4 Å². The van der Waals surface area contributed by atoms with Gasteiger partial charge in [0.15, 0.2) is 5.78 Å². The lowest BCUT2D eigenvalue weighted by molar-refractivity contribution is -0.137. The Balaban J connectivity index is 1.56. The molecule has 2 saturated heterocycles. The van der Waals surface area contributed by atoms with E-state index in [1.165, 1.54) is 0 Å². The quantitative estimate of drug-likeness (QED) is 0.334. The van der Waals surface area contributed by atoms with Gasteiger partial charge < -0.3 is 15.4 Å². The Morgan fingerprint density at radius 1 is 1.07 bits per heavy atom. The number of nitrogens with one attached hydrogen (secondary N) is 2. The second-order valence-electron chi connectivity index (χ2n) is 10.9. The highest BCUT2D eigenvalue weighted by Crippen LogP contribution is 2.68. The average Bonchev–Trinajstić information content (AvgIpc) is 3.68. The minimum atomic E-state index is -1.52. The van der Waals surface area contributed by atoms with E-state index in [1.54, 1.807) is 30.3 Å². The standard InChI is InChI=1S/C32H28ClN3O4/c1-3-17-40-25-13-7-4-9-19(25)28(37)26-24-12-8-16-36(24)32(21-14-15-22(33)18(2)27(21)35-30(32)39)31(26)20-10-5-6-11-23(20)34-29(31)38/h3-7,9-11,13-15,24,26H,1,8,12,16-17H2,2H3,(H,34,38)(H,35,39)/t24-,26+,31+,32-/m1/s1. The van der Waals surface area contributed by atoms with E-state index in [9.17, 15) is 14.4 Å². The van der Waals surface area contributed by atoms with Gasteiger partial charge in [-0.15, -0.1) is 0 Å². The van der Waals surface area contributed by atoms with Crippen molar-refractivity contribution in [1.82, 2.24) is 4.90 Å². The van der Waals surface area contributed by atoms with Crippen molar-refractivity contribution in [3.05, 3.63) is 101 Å². The summed E-state index contributed by atoms with van der Waals surface area (Å²) in [5.41, 5.74) is 0.745. The molecule has 2 fully saturated rings. The van der Waals surface area contributed by atoms with E-state index in [2.05, 4.69) is 22.1 Å². The molecule has 3 aromatic carbocycles. The van der Waals surface area contributed by atoms with Gasteiger partial charge in [-0.2, -0.15) is 0 Å². The summed E-state index contributed by atoms with van der Waals surface area (Å²) < 4.78 is 5.90. The number of anilines is 2. The average molecular weight is 554 g/mol. The first-order chi connectivity index (χ1) is 19.4. The monoisotopic (exact) mass is 553 g/mol. The van der Waals surface area contributed by atoms with Crippen LogP contribution in [0.15, 0.2) is 73.3 Å². The second-order valence-corrected chi connectivity index (χ2v) is 11.3. The SMILES string of the molecule is C=CCOc1ccccc1C(=O)[C@@H]1[C@H]2CCCN2[C@]2(C(=O)Nc3c2ccc(Cl)c3C)[C@]12C(=O)Nc1ccccc12. The van der Waals surface area contributed by atoms with Gasteiger partial charge in [0.05, 0.1) is 17.2 Å². The van der Waals surface area contributed by atoms with Gasteiger partial charge >= 0.3 is 0 Å². The summed E-state index contributed by atoms with van der Waals surface area (Å²) in [5.74, 6) is -1.29. The van der Waals surface area contributed by atoms with Crippen LogP contribution < -0.4 is 15.4 Å². The van der Waals surface area contributed by atoms with Crippen LogP contribution in [0.2, 0.25) is 5.02 Å². The smallest absolute Gasteiger partial charge is 0.251 e. The van der Waals surface area contributed by atoms with E-state index in [-0.39, 0.29) is 30.2 Å². The number of Topliss-reactive ketones (excluding diaryl/α,β-unsaturated/α-hetero) is 1. The van der Waals surface area contributed by atoms with Crippen molar-refractivity contribution in [1.29, 1.82) is 0 Å². The van der Waals surface area contributed by atoms with Crippen LogP contribution in [-0.4, -0.2) is 41.7 Å². The Morgan fingerprint density at radius 3 is 2.67 bits per heavy atom. The highest BCUT2D eigenvalue weighted by Gasteiger charge is 2.81. The van der Waals surface area contributed by atoms with E-state index in [4.69, 9.17) is 16.3 Å². The first kappa shape index (κ1) is 25.1. The van der Waals surface area contributed by atoms with E-state index >= 15 is 0 Å². The van der Waals surface area contributed by atoms with Crippen LogP contribution in [0.3, 0.4) is 0 Å². The third-order valence-electron chi connectivity index (χ3n) is 9.26. The number of fused-ring (bicyclic) bond motifs is 7. The number of carbonyl (C=O) groups is 3. The molecule has 2 N–H and O–H groups in total. The van der Waals surface area contributed by atoms with Gasteiger partial charge in [-0.05, 0) is 61.7 Å². The van der Waals surface area contributed by atoms with Gasteiger partial charge in [-0.3, -0.25) is 19.3 Å². The minimum absolute atomic E-state index is 0.216. The normalized spacial score (nSPS) is 27.9. The van der Waals surface area contributed by atoms with Crippen molar-refractivity contribution in [3.8, 4) is 5.75 Å². The minimum Gasteiger partial charge on any atom is -0.489 e. The van der Waals surface area contributed by atoms with Gasteiger partial charge in [-0.1, -0.05) is 60.7 Å². The van der Waals surface area contributed by atoms with Gasteiger partial charge in [0.25, 0.3) is 5.91 Å². The molecule has 40 heavy (non-hydrogen) atoms. The Kier molecular flexibility index (Phi) is 5.50. The molecule has 4 aliphatic rings. The molecule has 4 atom stereocenters. The number of halogens is 1. The fourth-order valence-corrected chi connectivity index (χ4v) is 8.04. The summed E-state index contributed by atoms with van der Waals surface area (Å²) in [6, 6.07) is 17.8. The number of rotatable bonds is 5. The summed E-state index contributed by atoms with van der Waals surface area (Å²) >= 11 is 6.51. The molecular formula is C32H28ClN3O4. The molecule has 4 heterocycles. The number of hydrogen-bond acceptors (Lipinski definition) is 5. The lowest BCUT2D eigenvalue weighted by atomic mass is 9.57. The first-order valence-electron chi connectivity index (χ1n) is 13.5. The zero-order valence-corrected chi connectivity index (χ0v) is 22.8. The van der Waals surface area contributed by atoms with Crippen LogP contribution in [0.1, 0.15) is 39.9 Å². The molecule has 2 spiro atoms. The predicted molar refractivity (Wildman–Crippen MR) is 153 cm³/mol. The van der Waals surface area contributed by atoms with Crippen molar-refractivity contribution >= 4 is 40.6 Å². The van der Waals surface area contributed by atoms with Gasteiger partial charge in [-0.25, -0.2) is 0 Å². The number of amides is 2. The van der Waals surface area contributed by atoms with Crippen molar-refractivity contribution in [2.24, 2.45) is 5.92 Å². The molecule has 0 aromatic heterocycles. The van der Waals surface area contributed by atoms with E-state index in [0.29, 0.717) is 51.8 Å². The highest BCUT2D eigenvalue weighted by molar-refractivity contribution is 6.32. The molecule has 0 bridgehead atoms. The predicted octanol–water partition coefficient (Wildman–Crippen LogP) is 5.23. The molecule has 0 aliphatic carbocycles. The molecule has 0 unspecified atom stereocenters. The molecule has 7 rings (SSSR count). The van der Waals surface area contributed by atoms with Crippen LogP contribution in [0.25, 0.3) is 0 Å². The summed E-state index contributed by atoms with van der Waals surface area (Å²) in [7, 11) is 0. The van der Waals surface area contributed by atoms with Crippen LogP contribution in [-0.2, 0) is 20.5 Å². The highest BCUT2D eigenvalue weighted by atomic mass is 35.5. The van der Waals surface area contributed by atoms with Crippen LogP contribution in [0, 0.1) is 12.8 Å². The summed E-state index contributed by atoms with van der Waals surface area (Å²) in [6.07, 6.45) is 3.11. The Morgan fingerprint density at radius 2 is 1.85 bits per heavy atom. The molecule has 0 saturated carbocycles. The van der Waals surface area contributed by atoms with Crippen molar-refractivity contribution in [2.75, 3.05) is 23.8 Å². The Bertz CT molecular complexity index is 1640. The number of ketones is 1. The van der Waals surface area contributed by atoms with Crippen LogP contribution in [0.5, 0.6) is 5.75 Å². The van der Waals surface area contributed by atoms with Crippen molar-refractivity contribution in [3.63, 3.8) is 0 Å². The lowest BCUT2D eigenvalue weighted by Crippen LogP contribution is -2.62. The summed E-state index contributed by atoms with van der Waals surface area (Å²) in [4.78, 5) is 46.2. The summed E-state index contributed by atoms with van der Waals surface area (Å²) in [5, 5.41) is 6.69. The number of para-hydroxylation sites is 2. The molecule has 0 radical (unpaired) electrons. The Hall–Kier alpha value is -3.94. The number of hydrogen-bond donors (Lipinski definition) is 2. The zero-order valence-electron chi connectivity index (χ0n) is 22.0. The first-order valence-corrected chi connectivity index (χ1v) is 13.9. The zero-order chi connectivity index (χ0) is 27.8. The van der Waals surface area contributed by atoms with Crippen molar-refractivity contribution < 1.29 is 19.1 Å². The summed E-state index contributed by atoms with van der Waals surface area (Å²) in [6.45, 7) is 6.41. The fraction of sp³-hybridized carbons (Fsp3) is 0.281. The topological polar surface area (TPSA) is 87.7 Å². The maximum atomic E-state index is 14.9. The number of ether oxygens (including phenoxy) is 1. The van der Waals surface area contributed by atoms with Crippen molar-refractivity contribution in [2.45, 2.75) is 36.8 Å². The maximum Gasteiger partial charge on any atom is 0.251 e. The number of carbonyl (C=O) groups excluding carboxylic acids is 3.